The molecule has 0 unspecified atom stereocenters. The average Bonchev–Trinajstić information content (AvgIpc) is 1.27. The number of rotatable bonds is 1. The Labute approximate surface area is 49.1 Å². The predicted molar refractivity (Wildman–Crippen MR) is 35.1 cm³/mol. The SMILES string of the molecule is CC(C)NC(N)=S. The second kappa shape index (κ2) is 2.80. The molecule has 0 aromatic carbocycles. The molecule has 0 fully saturated rings. The molecule has 0 atom stereocenters. The zero-order valence-electron chi connectivity index (χ0n) is 4.56. The standard InChI is InChI=1S/C4H10N2S/c1-3(2)6-4(5)7/h3H,1-2H3,(H3,5,6,7). The van der Waals surface area contributed by atoms with Crippen molar-refractivity contribution in [2.75, 3.05) is 0 Å². The molecular weight excluding hydrogens is 108 g/mol. The normalized spacial score (nSPS) is 9.00. The Morgan fingerprint density at radius 3 is 2.14 bits per heavy atom. The molecule has 0 aromatic heterocycles. The molecule has 0 amide bonds. The highest BCUT2D eigenvalue weighted by Crippen LogP contribution is 1.72. The van der Waals surface area contributed by atoms with E-state index in [-0.39, 0.29) is 0 Å². The Morgan fingerprint density at radius 1 is 1.71 bits per heavy atom. The average molecular weight is 118 g/mol. The summed E-state index contributed by atoms with van der Waals surface area (Å²) in [5, 5.41) is 3.19. The van der Waals surface area contributed by atoms with Crippen LogP contribution < -0.4 is 11.1 Å². The summed E-state index contributed by atoms with van der Waals surface area (Å²) < 4.78 is 0. The van der Waals surface area contributed by atoms with Crippen LogP contribution in [0, 0.1) is 0 Å². The molecule has 0 aromatic rings. The molecular formula is C4H10N2S. The van der Waals surface area contributed by atoms with Gasteiger partial charge in [-0.2, -0.15) is 0 Å². The van der Waals surface area contributed by atoms with Crippen LogP contribution in [0.15, 0.2) is 0 Å². The van der Waals surface area contributed by atoms with E-state index in [1.165, 1.54) is 0 Å². The van der Waals surface area contributed by atoms with Gasteiger partial charge in [-0.15, -0.1) is 0 Å². The molecule has 0 aliphatic heterocycles. The van der Waals surface area contributed by atoms with Crippen molar-refractivity contribution in [3.05, 3.63) is 0 Å². The van der Waals surface area contributed by atoms with Gasteiger partial charge in [0.1, 0.15) is 0 Å². The first-order valence-electron chi connectivity index (χ1n) is 2.19. The van der Waals surface area contributed by atoms with Gasteiger partial charge in [0.25, 0.3) is 0 Å². The van der Waals surface area contributed by atoms with Crippen molar-refractivity contribution in [3.63, 3.8) is 0 Å². The topological polar surface area (TPSA) is 38.0 Å². The van der Waals surface area contributed by atoms with E-state index >= 15 is 0 Å². The monoisotopic (exact) mass is 118 g/mol. The first-order valence-corrected chi connectivity index (χ1v) is 2.59. The zero-order chi connectivity index (χ0) is 5.86. The van der Waals surface area contributed by atoms with Crippen LogP contribution in [0.4, 0.5) is 0 Å². The van der Waals surface area contributed by atoms with Crippen molar-refractivity contribution < 1.29 is 0 Å². The molecule has 3 N–H and O–H groups in total. The highest BCUT2D eigenvalue weighted by Gasteiger charge is 1.88. The van der Waals surface area contributed by atoms with E-state index in [4.69, 9.17) is 5.73 Å². The van der Waals surface area contributed by atoms with Gasteiger partial charge in [-0.25, -0.2) is 0 Å². The van der Waals surface area contributed by atoms with Crippen molar-refractivity contribution >= 4 is 17.3 Å². The molecule has 0 radical (unpaired) electrons. The second-order valence-corrected chi connectivity index (χ2v) is 2.10. The van der Waals surface area contributed by atoms with Gasteiger partial charge in [-0.3, -0.25) is 0 Å². The van der Waals surface area contributed by atoms with E-state index < -0.39 is 0 Å². The van der Waals surface area contributed by atoms with Gasteiger partial charge < -0.3 is 11.1 Å². The fourth-order valence-electron chi connectivity index (χ4n) is 0.285. The molecule has 7 heavy (non-hydrogen) atoms. The number of thiocarbonyl (C=S) groups is 1. The van der Waals surface area contributed by atoms with E-state index in [2.05, 4.69) is 17.5 Å². The van der Waals surface area contributed by atoms with Crippen molar-refractivity contribution in [1.29, 1.82) is 0 Å². The van der Waals surface area contributed by atoms with Gasteiger partial charge in [-0.1, -0.05) is 0 Å². The largest absolute Gasteiger partial charge is 0.376 e. The minimum absolute atomic E-state index is 0.359. The van der Waals surface area contributed by atoms with Gasteiger partial charge in [0.2, 0.25) is 0 Å². The fraction of sp³-hybridized carbons (Fsp3) is 0.750. The Balaban J connectivity index is 3.13. The molecule has 2 nitrogen and oxygen atoms in total. The number of hydrogen-bond donors (Lipinski definition) is 2. The van der Waals surface area contributed by atoms with Crippen LogP contribution in [0.3, 0.4) is 0 Å². The first-order chi connectivity index (χ1) is 3.13. The van der Waals surface area contributed by atoms with Crippen LogP contribution >= 0.6 is 12.2 Å². The van der Waals surface area contributed by atoms with Gasteiger partial charge in [-0.05, 0) is 26.1 Å². The van der Waals surface area contributed by atoms with Crippen molar-refractivity contribution in [1.82, 2.24) is 5.32 Å². The molecule has 0 aliphatic rings. The first kappa shape index (κ1) is 6.69. The Morgan fingerprint density at radius 2 is 2.14 bits per heavy atom. The van der Waals surface area contributed by atoms with Crippen LogP contribution in [-0.4, -0.2) is 11.2 Å². The molecule has 0 aliphatic carbocycles. The van der Waals surface area contributed by atoms with Gasteiger partial charge in [0.15, 0.2) is 5.11 Å². The van der Waals surface area contributed by atoms with E-state index in [1.807, 2.05) is 13.8 Å². The number of hydrogen-bond acceptors (Lipinski definition) is 1. The molecule has 0 bridgehead atoms. The molecule has 0 rings (SSSR count). The third-order valence-electron chi connectivity index (χ3n) is 0.431. The third kappa shape index (κ3) is 5.69. The van der Waals surface area contributed by atoms with E-state index in [9.17, 15) is 0 Å². The van der Waals surface area contributed by atoms with Crippen LogP contribution in [0.25, 0.3) is 0 Å². The maximum Gasteiger partial charge on any atom is 0.163 e. The van der Waals surface area contributed by atoms with Crippen LogP contribution in [0.1, 0.15) is 13.8 Å². The maximum absolute atomic E-state index is 5.11. The highest BCUT2D eigenvalue weighted by molar-refractivity contribution is 7.80. The van der Waals surface area contributed by atoms with Crippen LogP contribution in [0.2, 0.25) is 0 Å². The summed E-state index contributed by atoms with van der Waals surface area (Å²) in [6.07, 6.45) is 0. The third-order valence-corrected chi connectivity index (χ3v) is 0.549. The summed E-state index contributed by atoms with van der Waals surface area (Å²) in [5.41, 5.74) is 5.11. The Kier molecular flexibility index (Phi) is 2.67. The summed E-state index contributed by atoms with van der Waals surface area (Å²) in [6, 6.07) is 0.359. The Hall–Kier alpha value is -0.310. The van der Waals surface area contributed by atoms with Gasteiger partial charge in [0.05, 0.1) is 0 Å². The molecule has 0 spiro atoms. The smallest absolute Gasteiger partial charge is 0.163 e. The molecule has 0 heterocycles. The molecule has 0 saturated carbocycles. The maximum atomic E-state index is 5.11. The summed E-state index contributed by atoms with van der Waals surface area (Å²) in [4.78, 5) is 0. The summed E-state index contributed by atoms with van der Waals surface area (Å²) >= 11 is 4.54. The predicted octanol–water partition coefficient (Wildman–Crippen LogP) is 0.228. The van der Waals surface area contributed by atoms with E-state index in [1.54, 1.807) is 0 Å². The summed E-state index contributed by atoms with van der Waals surface area (Å²) in [7, 11) is 0. The lowest BCUT2D eigenvalue weighted by molar-refractivity contribution is 0.736. The van der Waals surface area contributed by atoms with Crippen molar-refractivity contribution in [2.24, 2.45) is 5.73 Å². The summed E-state index contributed by atoms with van der Waals surface area (Å²) in [6.45, 7) is 3.97. The van der Waals surface area contributed by atoms with Crippen molar-refractivity contribution in [3.8, 4) is 0 Å². The molecule has 42 valence electrons. The van der Waals surface area contributed by atoms with Gasteiger partial charge >= 0.3 is 0 Å². The van der Waals surface area contributed by atoms with E-state index in [0.717, 1.165) is 0 Å². The Bertz CT molecular complexity index is 70.1. The highest BCUT2D eigenvalue weighted by atomic mass is 32.1. The zero-order valence-corrected chi connectivity index (χ0v) is 5.38. The lowest BCUT2D eigenvalue weighted by atomic mass is 10.4. The minimum atomic E-state index is 0.359. The number of nitrogens with two attached hydrogens (primary N) is 1. The van der Waals surface area contributed by atoms with E-state index in [0.29, 0.717) is 11.2 Å². The fourth-order valence-corrected chi connectivity index (χ4v) is 0.520. The quantitative estimate of drug-likeness (QED) is 0.484. The lowest BCUT2D eigenvalue weighted by Crippen LogP contribution is -2.34. The summed E-state index contributed by atoms with van der Waals surface area (Å²) in [5.74, 6) is 0. The van der Waals surface area contributed by atoms with Gasteiger partial charge in [0, 0.05) is 6.04 Å². The minimum Gasteiger partial charge on any atom is -0.376 e. The van der Waals surface area contributed by atoms with Crippen LogP contribution in [0.5, 0.6) is 0 Å². The molecule has 3 heteroatoms. The molecule has 0 saturated heterocycles. The number of nitrogens with one attached hydrogen (secondary N) is 1. The van der Waals surface area contributed by atoms with Crippen LogP contribution in [-0.2, 0) is 0 Å². The van der Waals surface area contributed by atoms with Crippen molar-refractivity contribution in [2.45, 2.75) is 19.9 Å². The lowest BCUT2D eigenvalue weighted by Gasteiger charge is -2.04. The second-order valence-electron chi connectivity index (χ2n) is 1.66.